The fourth-order valence-electron chi connectivity index (χ4n) is 4.68. The zero-order chi connectivity index (χ0) is 27.1. The van der Waals surface area contributed by atoms with Crippen LogP contribution in [0.2, 0.25) is 0 Å². The Bertz CT molecular complexity index is 1270. The smallest absolute Gasteiger partial charge is 0.323 e. The number of hydrogen-bond acceptors (Lipinski definition) is 5. The van der Waals surface area contributed by atoms with Gasteiger partial charge in [-0.05, 0) is 62.4 Å². The molecule has 0 radical (unpaired) electrons. The number of benzene rings is 3. The number of halogens is 1. The molecule has 3 aromatic rings. The predicted molar refractivity (Wildman–Crippen MR) is 158 cm³/mol. The average molecular weight is 581 g/mol. The highest BCUT2D eigenvalue weighted by Gasteiger charge is 2.25. The molecular formula is C29H34BrN5O3. The largest absolute Gasteiger partial charge is 0.495 e. The molecule has 1 fully saturated rings. The molecule has 1 saturated heterocycles. The summed E-state index contributed by atoms with van der Waals surface area (Å²) in [5.41, 5.74) is 3.76. The molecule has 0 aliphatic carbocycles. The van der Waals surface area contributed by atoms with Crippen LogP contribution in [0.15, 0.2) is 71.2 Å². The summed E-state index contributed by atoms with van der Waals surface area (Å²) in [6.07, 6.45) is 0. The normalized spacial score (nSPS) is 13.2. The zero-order valence-corrected chi connectivity index (χ0v) is 23.6. The third-order valence-corrected chi connectivity index (χ3v) is 7.16. The van der Waals surface area contributed by atoms with Crippen LogP contribution in [-0.2, 0) is 0 Å². The number of carbonyl (C=O) groups is 2. The number of piperazine rings is 1. The highest BCUT2D eigenvalue weighted by Crippen LogP contribution is 2.31. The van der Waals surface area contributed by atoms with Crippen LogP contribution in [0.3, 0.4) is 0 Å². The minimum atomic E-state index is -0.373. The van der Waals surface area contributed by atoms with Gasteiger partial charge in [-0.3, -0.25) is 4.79 Å². The van der Waals surface area contributed by atoms with E-state index < -0.39 is 0 Å². The Hall–Kier alpha value is -3.72. The molecule has 0 atom stereocenters. The van der Waals surface area contributed by atoms with Gasteiger partial charge in [0, 0.05) is 60.8 Å². The molecule has 8 nitrogen and oxygen atoms in total. The van der Waals surface area contributed by atoms with Gasteiger partial charge in [-0.2, -0.15) is 0 Å². The number of ether oxygens (including phenoxy) is 1. The van der Waals surface area contributed by atoms with E-state index in [1.807, 2.05) is 68.4 Å². The zero-order valence-electron chi connectivity index (χ0n) is 22.0. The minimum Gasteiger partial charge on any atom is -0.495 e. The first-order valence-corrected chi connectivity index (χ1v) is 13.6. The number of hydrogen-bond donors (Lipinski definition) is 2. The molecule has 38 heavy (non-hydrogen) atoms. The summed E-state index contributed by atoms with van der Waals surface area (Å²) in [4.78, 5) is 32.6. The van der Waals surface area contributed by atoms with Crippen LogP contribution >= 0.6 is 15.9 Å². The first-order valence-electron chi connectivity index (χ1n) is 12.8. The number of para-hydroxylation sites is 2. The molecule has 1 aliphatic rings. The molecule has 0 spiro atoms. The van der Waals surface area contributed by atoms with Gasteiger partial charge in [-0.15, -0.1) is 0 Å². The van der Waals surface area contributed by atoms with E-state index in [1.54, 1.807) is 18.1 Å². The third-order valence-electron chi connectivity index (χ3n) is 6.66. The quantitative estimate of drug-likeness (QED) is 0.347. The first kappa shape index (κ1) is 27.3. The number of nitrogens with zero attached hydrogens (tertiary/aromatic N) is 3. The van der Waals surface area contributed by atoms with E-state index >= 15 is 0 Å². The van der Waals surface area contributed by atoms with E-state index in [-0.39, 0.29) is 11.9 Å². The lowest BCUT2D eigenvalue weighted by Crippen LogP contribution is -2.47. The summed E-state index contributed by atoms with van der Waals surface area (Å²) < 4.78 is 6.43. The number of carbonyl (C=O) groups excluding carboxylic acids is 2. The molecule has 1 aliphatic heterocycles. The lowest BCUT2D eigenvalue weighted by Gasteiger charge is -2.38. The Kier molecular flexibility index (Phi) is 9.12. The minimum absolute atomic E-state index is 0.0480. The van der Waals surface area contributed by atoms with Crippen molar-refractivity contribution in [3.63, 3.8) is 0 Å². The van der Waals surface area contributed by atoms with Crippen molar-refractivity contribution in [2.75, 3.05) is 66.8 Å². The fraction of sp³-hybridized carbons (Fsp3) is 0.310. The number of rotatable bonds is 8. The maximum absolute atomic E-state index is 13.5. The van der Waals surface area contributed by atoms with Gasteiger partial charge in [-0.25, -0.2) is 4.79 Å². The van der Waals surface area contributed by atoms with Crippen molar-refractivity contribution >= 4 is 50.6 Å². The Balaban J connectivity index is 1.54. The second kappa shape index (κ2) is 12.7. The lowest BCUT2D eigenvalue weighted by atomic mass is 10.1. The van der Waals surface area contributed by atoms with Crippen molar-refractivity contribution < 1.29 is 14.3 Å². The number of methoxy groups -OCH3 is 1. The van der Waals surface area contributed by atoms with Crippen molar-refractivity contribution in [3.8, 4) is 5.75 Å². The van der Waals surface area contributed by atoms with Crippen LogP contribution in [0.1, 0.15) is 24.2 Å². The van der Waals surface area contributed by atoms with Crippen LogP contribution in [0, 0.1) is 0 Å². The van der Waals surface area contributed by atoms with Crippen LogP contribution < -0.4 is 25.2 Å². The molecule has 3 amide bonds. The SMILES string of the molecule is CCN(CC)C(=O)c1cc(NC(=O)Nc2cccc(Br)c2)ccc1N1CCN(c2ccccc2OC)CC1. The first-order chi connectivity index (χ1) is 18.4. The molecule has 9 heteroatoms. The van der Waals surface area contributed by atoms with E-state index in [9.17, 15) is 9.59 Å². The van der Waals surface area contributed by atoms with Crippen LogP contribution in [0.25, 0.3) is 0 Å². The molecule has 0 bridgehead atoms. The molecule has 0 aromatic heterocycles. The summed E-state index contributed by atoms with van der Waals surface area (Å²) in [7, 11) is 1.69. The molecule has 2 N–H and O–H groups in total. The monoisotopic (exact) mass is 579 g/mol. The van der Waals surface area contributed by atoms with E-state index in [2.05, 4.69) is 42.4 Å². The van der Waals surface area contributed by atoms with Crippen molar-refractivity contribution in [3.05, 3.63) is 76.8 Å². The summed E-state index contributed by atoms with van der Waals surface area (Å²) in [6, 6.07) is 20.6. The maximum Gasteiger partial charge on any atom is 0.323 e. The standard InChI is InChI=1S/C29H34BrN5O3/c1-4-33(5-2)28(36)24-20-23(32-29(37)31-22-10-8-9-21(30)19-22)13-14-25(24)34-15-17-35(18-16-34)26-11-6-7-12-27(26)38-3/h6-14,19-20H,4-5,15-18H2,1-3H3,(H2,31,32,37). The second-order valence-electron chi connectivity index (χ2n) is 8.94. The molecular weight excluding hydrogens is 546 g/mol. The van der Waals surface area contributed by atoms with Crippen LogP contribution in [0.4, 0.5) is 27.5 Å². The third kappa shape index (κ3) is 6.39. The molecule has 0 unspecified atom stereocenters. The number of amides is 3. The Morgan fingerprint density at radius 3 is 2.11 bits per heavy atom. The topological polar surface area (TPSA) is 77.2 Å². The van der Waals surface area contributed by atoms with Gasteiger partial charge in [0.05, 0.1) is 18.4 Å². The maximum atomic E-state index is 13.5. The Morgan fingerprint density at radius 2 is 1.47 bits per heavy atom. The van der Waals surface area contributed by atoms with E-state index in [0.717, 1.165) is 47.8 Å². The molecule has 3 aromatic carbocycles. The van der Waals surface area contributed by atoms with Gasteiger partial charge >= 0.3 is 6.03 Å². The van der Waals surface area contributed by atoms with Gasteiger partial charge in [0.25, 0.3) is 5.91 Å². The second-order valence-corrected chi connectivity index (χ2v) is 9.86. The van der Waals surface area contributed by atoms with Gasteiger partial charge in [0.1, 0.15) is 5.75 Å². The van der Waals surface area contributed by atoms with Gasteiger partial charge in [0.15, 0.2) is 0 Å². The molecule has 0 saturated carbocycles. The Labute approximate surface area is 232 Å². The molecule has 1 heterocycles. The van der Waals surface area contributed by atoms with Crippen molar-refractivity contribution in [2.45, 2.75) is 13.8 Å². The van der Waals surface area contributed by atoms with Crippen LogP contribution in [0.5, 0.6) is 5.75 Å². The van der Waals surface area contributed by atoms with Crippen LogP contribution in [-0.4, -0.2) is 63.2 Å². The van der Waals surface area contributed by atoms with E-state index in [1.165, 1.54) is 0 Å². The Morgan fingerprint density at radius 1 is 0.842 bits per heavy atom. The average Bonchev–Trinajstić information content (AvgIpc) is 2.93. The van der Waals surface area contributed by atoms with Crippen molar-refractivity contribution in [1.29, 1.82) is 0 Å². The van der Waals surface area contributed by atoms with Crippen molar-refractivity contribution in [2.24, 2.45) is 0 Å². The summed E-state index contributed by atoms with van der Waals surface area (Å²) in [5, 5.41) is 5.71. The molecule has 4 rings (SSSR count). The predicted octanol–water partition coefficient (Wildman–Crippen LogP) is 5.91. The molecule has 200 valence electrons. The van der Waals surface area contributed by atoms with Gasteiger partial charge in [-0.1, -0.05) is 34.1 Å². The number of nitrogens with one attached hydrogen (secondary N) is 2. The lowest BCUT2D eigenvalue weighted by molar-refractivity contribution is 0.0773. The number of anilines is 4. The van der Waals surface area contributed by atoms with Crippen molar-refractivity contribution in [1.82, 2.24) is 4.90 Å². The summed E-state index contributed by atoms with van der Waals surface area (Å²) in [5.74, 6) is 0.808. The summed E-state index contributed by atoms with van der Waals surface area (Å²) in [6.45, 7) is 8.28. The highest BCUT2D eigenvalue weighted by molar-refractivity contribution is 9.10. The highest BCUT2D eigenvalue weighted by atomic mass is 79.9. The number of urea groups is 1. The van der Waals surface area contributed by atoms with E-state index in [4.69, 9.17) is 4.74 Å². The van der Waals surface area contributed by atoms with Gasteiger partial charge in [0.2, 0.25) is 0 Å². The van der Waals surface area contributed by atoms with E-state index in [0.29, 0.717) is 30.0 Å². The van der Waals surface area contributed by atoms with Gasteiger partial charge < -0.3 is 30.1 Å². The fourth-order valence-corrected chi connectivity index (χ4v) is 5.08. The summed E-state index contributed by atoms with van der Waals surface area (Å²) >= 11 is 3.41.